The summed E-state index contributed by atoms with van der Waals surface area (Å²) in [6.45, 7) is 0.739. The molecule has 0 radical (unpaired) electrons. The molecule has 0 unspecified atom stereocenters. The zero-order chi connectivity index (χ0) is 15.1. The van der Waals surface area contributed by atoms with E-state index in [1.807, 2.05) is 0 Å². The van der Waals surface area contributed by atoms with Crippen LogP contribution < -0.4 is 11.2 Å². The van der Waals surface area contributed by atoms with Crippen LogP contribution in [0.2, 0.25) is 0 Å². The van der Waals surface area contributed by atoms with Crippen molar-refractivity contribution in [3.63, 3.8) is 0 Å². The van der Waals surface area contributed by atoms with E-state index in [9.17, 15) is 24.3 Å². The van der Waals surface area contributed by atoms with Gasteiger partial charge in [-0.15, -0.1) is 0 Å². The Morgan fingerprint density at radius 3 is 2.85 bits per heavy atom. The van der Waals surface area contributed by atoms with E-state index in [1.165, 1.54) is 6.92 Å². The van der Waals surface area contributed by atoms with Crippen molar-refractivity contribution >= 4 is 0 Å². The average Bonchev–Trinajstić information content (AvgIpc) is 2.67. The summed E-state index contributed by atoms with van der Waals surface area (Å²) in [5, 5.41) is 28.3. The summed E-state index contributed by atoms with van der Waals surface area (Å²) in [6.07, 6.45) is -3.19. The molecule has 0 aromatic carbocycles. The normalized spacial score (nSPS) is 33.0. The minimum atomic E-state index is -1.58. The standard InChI is InChI=1S/C11H12FN3O5/c1-11(4-13)7(17)6(3-16)20-9(11)15-2-5(12)8(18)14-10(15)19/h2,6-7,9,16-17H,3H2,1H3,(H,14,18,19)/t6-,7-,9-,11-/m1/s1. The highest BCUT2D eigenvalue weighted by atomic mass is 19.1. The molecule has 1 aliphatic rings. The van der Waals surface area contributed by atoms with E-state index in [-0.39, 0.29) is 0 Å². The Balaban J connectivity index is 2.58. The van der Waals surface area contributed by atoms with Gasteiger partial charge in [-0.25, -0.2) is 4.79 Å². The fourth-order valence-electron chi connectivity index (χ4n) is 2.17. The van der Waals surface area contributed by atoms with E-state index in [2.05, 4.69) is 0 Å². The third-order valence-electron chi connectivity index (χ3n) is 3.38. The Bertz CT molecular complexity index is 678. The number of hydrogen-bond donors (Lipinski definition) is 3. The van der Waals surface area contributed by atoms with Gasteiger partial charge < -0.3 is 14.9 Å². The minimum Gasteiger partial charge on any atom is -0.394 e. The van der Waals surface area contributed by atoms with Crippen LogP contribution in [0.3, 0.4) is 0 Å². The summed E-state index contributed by atoms with van der Waals surface area (Å²) in [6, 6.07) is 1.80. The molecule has 9 heteroatoms. The number of nitrogens with zero attached hydrogens (tertiary/aromatic N) is 2. The third-order valence-corrected chi connectivity index (χ3v) is 3.38. The van der Waals surface area contributed by atoms with Crippen LogP contribution in [-0.4, -0.2) is 38.6 Å². The molecule has 0 amide bonds. The van der Waals surface area contributed by atoms with Crippen LogP contribution in [0.1, 0.15) is 13.2 Å². The van der Waals surface area contributed by atoms with Crippen LogP contribution in [0.5, 0.6) is 0 Å². The molecule has 8 nitrogen and oxygen atoms in total. The maximum absolute atomic E-state index is 13.3. The van der Waals surface area contributed by atoms with Crippen LogP contribution in [0.4, 0.5) is 4.39 Å². The third kappa shape index (κ3) is 1.94. The van der Waals surface area contributed by atoms with Crippen molar-refractivity contribution in [3.05, 3.63) is 32.9 Å². The van der Waals surface area contributed by atoms with Crippen LogP contribution in [0.25, 0.3) is 0 Å². The van der Waals surface area contributed by atoms with Crippen LogP contribution in [0.15, 0.2) is 15.8 Å². The number of ether oxygens (including phenoxy) is 1. The number of nitrogens with one attached hydrogen (secondary N) is 1. The highest BCUT2D eigenvalue weighted by molar-refractivity contribution is 5.11. The summed E-state index contributed by atoms with van der Waals surface area (Å²) >= 11 is 0. The van der Waals surface area contributed by atoms with E-state index in [1.54, 1.807) is 11.1 Å². The molecule has 1 saturated heterocycles. The predicted molar refractivity (Wildman–Crippen MR) is 62.0 cm³/mol. The zero-order valence-electron chi connectivity index (χ0n) is 10.4. The Morgan fingerprint density at radius 1 is 1.65 bits per heavy atom. The molecule has 0 bridgehead atoms. The van der Waals surface area contributed by atoms with E-state index >= 15 is 0 Å². The monoisotopic (exact) mass is 285 g/mol. The minimum absolute atomic E-state index is 0.574. The first-order valence-electron chi connectivity index (χ1n) is 5.71. The smallest absolute Gasteiger partial charge is 0.330 e. The van der Waals surface area contributed by atoms with Crippen molar-refractivity contribution in [2.75, 3.05) is 6.61 Å². The summed E-state index contributed by atoms with van der Waals surface area (Å²) in [7, 11) is 0. The van der Waals surface area contributed by atoms with Crippen molar-refractivity contribution in [1.29, 1.82) is 5.26 Å². The average molecular weight is 285 g/mol. The first-order chi connectivity index (χ1) is 9.35. The molecule has 1 fully saturated rings. The molecule has 20 heavy (non-hydrogen) atoms. The second kappa shape index (κ2) is 4.82. The number of aromatic amines is 1. The number of rotatable bonds is 2. The Hall–Kier alpha value is -2.02. The maximum Gasteiger partial charge on any atom is 0.330 e. The number of aliphatic hydroxyl groups excluding tert-OH is 2. The lowest BCUT2D eigenvalue weighted by molar-refractivity contribution is -0.0507. The quantitative estimate of drug-likeness (QED) is 0.604. The summed E-state index contributed by atoms with van der Waals surface area (Å²) < 4.78 is 19.2. The summed E-state index contributed by atoms with van der Waals surface area (Å²) in [5.41, 5.74) is -3.75. The number of nitriles is 1. The number of aliphatic hydroxyl groups is 2. The largest absolute Gasteiger partial charge is 0.394 e. The van der Waals surface area contributed by atoms with Crippen LogP contribution in [-0.2, 0) is 4.74 Å². The second-order valence-electron chi connectivity index (χ2n) is 4.69. The molecule has 3 N–H and O–H groups in total. The Morgan fingerprint density at radius 2 is 2.30 bits per heavy atom. The molecule has 2 rings (SSSR count). The molecular weight excluding hydrogens is 273 g/mol. The number of aromatic nitrogens is 2. The number of hydrogen-bond acceptors (Lipinski definition) is 6. The molecule has 1 aliphatic heterocycles. The van der Waals surface area contributed by atoms with Crippen molar-refractivity contribution in [1.82, 2.24) is 9.55 Å². The molecule has 4 atom stereocenters. The van der Waals surface area contributed by atoms with Crippen molar-refractivity contribution < 1.29 is 19.3 Å². The van der Waals surface area contributed by atoms with E-state index < -0.39 is 47.5 Å². The molecule has 0 saturated carbocycles. The SMILES string of the molecule is C[C@@]1(C#N)[C@H](O)[C@@H](CO)O[C@H]1n1cc(F)c(=O)[nH]c1=O. The van der Waals surface area contributed by atoms with Gasteiger partial charge in [-0.05, 0) is 6.92 Å². The van der Waals surface area contributed by atoms with Gasteiger partial charge in [-0.3, -0.25) is 14.3 Å². The maximum atomic E-state index is 13.3. The molecule has 0 spiro atoms. The zero-order valence-corrected chi connectivity index (χ0v) is 10.4. The van der Waals surface area contributed by atoms with Gasteiger partial charge in [0, 0.05) is 0 Å². The van der Waals surface area contributed by atoms with E-state index in [0.717, 1.165) is 0 Å². The van der Waals surface area contributed by atoms with Gasteiger partial charge in [0.15, 0.2) is 6.23 Å². The van der Waals surface area contributed by atoms with Gasteiger partial charge in [0.25, 0.3) is 5.56 Å². The molecular formula is C11H12FN3O5. The molecule has 1 aromatic rings. The lowest BCUT2D eigenvalue weighted by atomic mass is 9.84. The van der Waals surface area contributed by atoms with Gasteiger partial charge >= 0.3 is 5.69 Å². The van der Waals surface area contributed by atoms with Crippen LogP contribution in [0, 0.1) is 22.6 Å². The molecule has 0 aliphatic carbocycles. The summed E-state index contributed by atoms with van der Waals surface area (Å²) in [4.78, 5) is 24.4. The van der Waals surface area contributed by atoms with Crippen molar-refractivity contribution in [2.45, 2.75) is 25.4 Å². The molecule has 2 heterocycles. The highest BCUT2D eigenvalue weighted by Crippen LogP contribution is 2.44. The lowest BCUT2D eigenvalue weighted by Crippen LogP contribution is -2.41. The molecule has 108 valence electrons. The van der Waals surface area contributed by atoms with Crippen LogP contribution >= 0.6 is 0 Å². The predicted octanol–water partition coefficient (Wildman–Crippen LogP) is -1.54. The summed E-state index contributed by atoms with van der Waals surface area (Å²) in [5.74, 6) is -1.23. The van der Waals surface area contributed by atoms with E-state index in [0.29, 0.717) is 10.8 Å². The number of H-pyrrole nitrogens is 1. The van der Waals surface area contributed by atoms with Gasteiger partial charge in [-0.1, -0.05) is 0 Å². The Kier molecular flexibility index (Phi) is 3.47. The molecule has 1 aromatic heterocycles. The van der Waals surface area contributed by atoms with Gasteiger partial charge in [0.2, 0.25) is 5.82 Å². The van der Waals surface area contributed by atoms with Gasteiger partial charge in [0.1, 0.15) is 17.6 Å². The lowest BCUT2D eigenvalue weighted by Gasteiger charge is -2.25. The van der Waals surface area contributed by atoms with Gasteiger partial charge in [0.05, 0.1) is 18.9 Å². The second-order valence-corrected chi connectivity index (χ2v) is 4.69. The van der Waals surface area contributed by atoms with Crippen molar-refractivity contribution in [2.24, 2.45) is 5.41 Å². The number of halogens is 1. The first kappa shape index (κ1) is 14.4. The Labute approximate surface area is 111 Å². The van der Waals surface area contributed by atoms with Crippen molar-refractivity contribution in [3.8, 4) is 6.07 Å². The first-order valence-corrected chi connectivity index (χ1v) is 5.71. The fraction of sp³-hybridized carbons (Fsp3) is 0.545. The topological polar surface area (TPSA) is 128 Å². The highest BCUT2D eigenvalue weighted by Gasteiger charge is 2.54. The fourth-order valence-corrected chi connectivity index (χ4v) is 2.17. The van der Waals surface area contributed by atoms with E-state index in [4.69, 9.17) is 9.84 Å². The van der Waals surface area contributed by atoms with Gasteiger partial charge in [-0.2, -0.15) is 9.65 Å².